The van der Waals surface area contributed by atoms with Crippen LogP contribution in [0.15, 0.2) is 0 Å². The van der Waals surface area contributed by atoms with E-state index in [1.807, 2.05) is 0 Å². The number of carboxylic acids is 1. The van der Waals surface area contributed by atoms with Crippen molar-refractivity contribution in [2.45, 2.75) is 38.5 Å². The van der Waals surface area contributed by atoms with Gasteiger partial charge < -0.3 is 5.11 Å². The number of carbonyl (C=O) groups is 1. The highest BCUT2D eigenvalue weighted by atomic mass is 31.1. The molecule has 0 atom stereocenters. The van der Waals surface area contributed by atoms with Gasteiger partial charge >= 0.3 is 5.97 Å². The summed E-state index contributed by atoms with van der Waals surface area (Å²) in [5.41, 5.74) is 0. The Bertz CT molecular complexity index is 134. The Morgan fingerprint density at radius 1 is 1.17 bits per heavy atom. The summed E-state index contributed by atoms with van der Waals surface area (Å²) in [5.74, 6) is -0.675. The van der Waals surface area contributed by atoms with Gasteiger partial charge in [0.2, 0.25) is 0 Å². The summed E-state index contributed by atoms with van der Waals surface area (Å²) >= 11 is 0. The Morgan fingerprint density at radius 2 is 1.75 bits per heavy atom. The summed E-state index contributed by atoms with van der Waals surface area (Å²) in [4.78, 5) is 10.1. The van der Waals surface area contributed by atoms with Crippen LogP contribution in [0.5, 0.6) is 0 Å². The summed E-state index contributed by atoms with van der Waals surface area (Å²) in [6.07, 6.45) is 10.8. The van der Waals surface area contributed by atoms with Crippen LogP contribution in [0, 0.1) is 0 Å². The van der Waals surface area contributed by atoms with Gasteiger partial charge in [0.25, 0.3) is 0 Å². The predicted octanol–water partition coefficient (Wildman–Crippen LogP) is 2.79. The van der Waals surface area contributed by atoms with Gasteiger partial charge in [0.1, 0.15) is 0 Å². The van der Waals surface area contributed by atoms with E-state index in [0.29, 0.717) is 6.42 Å². The van der Waals surface area contributed by atoms with Gasteiger partial charge in [0.15, 0.2) is 0 Å². The average molecular weight is 188 g/mol. The molecule has 0 rings (SSSR count). The highest BCUT2D eigenvalue weighted by molar-refractivity contribution is 7.36. The first-order valence-corrected chi connectivity index (χ1v) is 5.68. The molecule has 0 saturated heterocycles. The molecule has 0 aliphatic rings. The second-order valence-corrected chi connectivity index (χ2v) is 3.75. The van der Waals surface area contributed by atoms with E-state index < -0.39 is 5.97 Å². The van der Waals surface area contributed by atoms with Crippen molar-refractivity contribution in [3.8, 4) is 0 Å². The molecule has 1 N–H and O–H groups in total. The molecule has 0 saturated carbocycles. The number of hydrogen-bond acceptors (Lipinski definition) is 1. The maximum Gasteiger partial charge on any atom is 0.303 e. The Morgan fingerprint density at radius 3 is 2.33 bits per heavy atom. The van der Waals surface area contributed by atoms with Crippen molar-refractivity contribution in [2.24, 2.45) is 0 Å². The fourth-order valence-electron chi connectivity index (χ4n) is 1.03. The molecular weight excluding hydrogens is 171 g/mol. The third kappa shape index (κ3) is 9.64. The van der Waals surface area contributed by atoms with Crippen molar-refractivity contribution < 1.29 is 9.90 Å². The summed E-state index contributed by atoms with van der Waals surface area (Å²) in [5, 5.41) is 8.34. The molecule has 0 aliphatic heterocycles. The molecule has 2 nitrogen and oxygen atoms in total. The van der Waals surface area contributed by atoms with Crippen LogP contribution in [0.25, 0.3) is 0 Å². The maximum absolute atomic E-state index is 10.1. The molecule has 0 amide bonds. The SMILES string of the molecule is C=PCCCCCCCC(=O)O. The molecule has 70 valence electrons. The van der Waals surface area contributed by atoms with Gasteiger partial charge in [-0.1, -0.05) is 25.6 Å². The molecule has 0 unspecified atom stereocenters. The van der Waals surface area contributed by atoms with Crippen molar-refractivity contribution in [2.75, 3.05) is 6.16 Å². The Hall–Kier alpha value is -0.360. The molecule has 3 heteroatoms. The van der Waals surface area contributed by atoms with Gasteiger partial charge in [-0.2, -0.15) is 0 Å². The number of unbranched alkanes of at least 4 members (excludes halogenated alkanes) is 4. The number of rotatable bonds is 8. The zero-order chi connectivity index (χ0) is 9.23. The second-order valence-electron chi connectivity index (χ2n) is 2.86. The minimum absolute atomic E-state index is 0.327. The molecule has 0 aromatic rings. The number of hydrogen-bond donors (Lipinski definition) is 1. The van der Waals surface area contributed by atoms with E-state index in [0.717, 1.165) is 12.8 Å². The van der Waals surface area contributed by atoms with Gasteiger partial charge in [-0.3, -0.25) is 4.79 Å². The third-order valence-corrected chi connectivity index (χ3v) is 2.34. The van der Waals surface area contributed by atoms with E-state index in [2.05, 4.69) is 6.30 Å². The lowest BCUT2D eigenvalue weighted by Gasteiger charge is -1.97. The molecule has 0 spiro atoms. The molecule has 0 bridgehead atoms. The average Bonchev–Trinajstić information content (AvgIpc) is 2.02. The topological polar surface area (TPSA) is 37.3 Å². The molecular formula is C9H17O2P. The van der Waals surface area contributed by atoms with Gasteiger partial charge in [-0.05, 0) is 19.0 Å². The minimum Gasteiger partial charge on any atom is -0.481 e. The van der Waals surface area contributed by atoms with E-state index in [9.17, 15) is 4.79 Å². The lowest BCUT2D eigenvalue weighted by molar-refractivity contribution is -0.137. The normalized spacial score (nSPS) is 10.3. The van der Waals surface area contributed by atoms with Gasteiger partial charge in [0, 0.05) is 6.42 Å². The Kier molecular flexibility index (Phi) is 8.47. The summed E-state index contributed by atoms with van der Waals surface area (Å²) in [6.45, 7) is 0. The van der Waals surface area contributed by atoms with Crippen LogP contribution in [0.4, 0.5) is 0 Å². The highest BCUT2D eigenvalue weighted by Crippen LogP contribution is 2.07. The van der Waals surface area contributed by atoms with Gasteiger partial charge in [-0.25, -0.2) is 0 Å². The Balaban J connectivity index is 2.90. The Labute approximate surface area is 75.8 Å². The quantitative estimate of drug-likeness (QED) is 0.469. The highest BCUT2D eigenvalue weighted by Gasteiger charge is 1.95. The predicted molar refractivity (Wildman–Crippen MR) is 54.2 cm³/mol. The lowest BCUT2D eigenvalue weighted by atomic mass is 10.1. The van der Waals surface area contributed by atoms with Crippen LogP contribution in [-0.2, 0) is 4.79 Å². The molecule has 12 heavy (non-hydrogen) atoms. The summed E-state index contributed by atoms with van der Waals surface area (Å²) in [7, 11) is 1.22. The van der Waals surface area contributed by atoms with E-state index in [1.165, 1.54) is 33.6 Å². The molecule has 0 aromatic heterocycles. The summed E-state index contributed by atoms with van der Waals surface area (Å²) < 4.78 is 0. The lowest BCUT2D eigenvalue weighted by Crippen LogP contribution is -1.93. The fraction of sp³-hybridized carbons (Fsp3) is 0.778. The first kappa shape index (κ1) is 11.6. The van der Waals surface area contributed by atoms with Crippen LogP contribution in [0.3, 0.4) is 0 Å². The molecule has 0 aliphatic carbocycles. The van der Waals surface area contributed by atoms with Crippen LogP contribution in [0.2, 0.25) is 0 Å². The zero-order valence-electron chi connectivity index (χ0n) is 7.46. The number of aliphatic carboxylic acids is 1. The summed E-state index contributed by atoms with van der Waals surface area (Å²) in [6, 6.07) is 0. The molecule has 0 fully saturated rings. The minimum atomic E-state index is -0.675. The van der Waals surface area contributed by atoms with Crippen molar-refractivity contribution >= 4 is 20.5 Å². The smallest absolute Gasteiger partial charge is 0.303 e. The first-order valence-electron chi connectivity index (χ1n) is 4.41. The monoisotopic (exact) mass is 188 g/mol. The van der Waals surface area contributed by atoms with E-state index in [1.54, 1.807) is 0 Å². The molecule has 0 aromatic carbocycles. The zero-order valence-corrected chi connectivity index (χ0v) is 8.35. The van der Waals surface area contributed by atoms with Crippen LogP contribution < -0.4 is 0 Å². The van der Waals surface area contributed by atoms with E-state index in [-0.39, 0.29) is 0 Å². The van der Waals surface area contributed by atoms with Crippen LogP contribution >= 0.6 is 8.20 Å². The van der Waals surface area contributed by atoms with Crippen LogP contribution in [0.1, 0.15) is 38.5 Å². The van der Waals surface area contributed by atoms with Crippen molar-refractivity contribution in [1.82, 2.24) is 0 Å². The largest absolute Gasteiger partial charge is 0.481 e. The molecule has 0 radical (unpaired) electrons. The molecule has 0 heterocycles. The first-order chi connectivity index (χ1) is 5.77. The fourth-order valence-corrected chi connectivity index (χ4v) is 1.48. The second kappa shape index (κ2) is 8.73. The van der Waals surface area contributed by atoms with Crippen molar-refractivity contribution in [3.05, 3.63) is 0 Å². The van der Waals surface area contributed by atoms with Crippen molar-refractivity contribution in [3.63, 3.8) is 0 Å². The number of carboxylic acid groups (broad SMARTS) is 1. The van der Waals surface area contributed by atoms with Gasteiger partial charge in [-0.15, -0.1) is 8.20 Å². The maximum atomic E-state index is 10.1. The van der Waals surface area contributed by atoms with E-state index >= 15 is 0 Å². The van der Waals surface area contributed by atoms with E-state index in [4.69, 9.17) is 5.11 Å². The van der Waals surface area contributed by atoms with Crippen molar-refractivity contribution in [1.29, 1.82) is 0 Å². The third-order valence-electron chi connectivity index (χ3n) is 1.71. The van der Waals surface area contributed by atoms with Crippen LogP contribution in [-0.4, -0.2) is 23.5 Å². The standard InChI is InChI=1S/C9H17O2P/c1-12-8-6-4-2-3-5-7-9(10)11/h1-8H2,(H,10,11). The van der Waals surface area contributed by atoms with Gasteiger partial charge in [0.05, 0.1) is 0 Å².